The number of rotatable bonds is 6. The average molecular weight is 254 g/mol. The van der Waals surface area contributed by atoms with Crippen LogP contribution < -0.4 is 11.1 Å². The van der Waals surface area contributed by atoms with Crippen LogP contribution in [0.2, 0.25) is 0 Å². The first-order valence-electron chi connectivity index (χ1n) is 6.09. The van der Waals surface area contributed by atoms with Gasteiger partial charge >= 0.3 is 0 Å². The molecular weight excluding hydrogens is 232 g/mol. The van der Waals surface area contributed by atoms with Gasteiger partial charge in [0.25, 0.3) is 0 Å². The summed E-state index contributed by atoms with van der Waals surface area (Å²) in [5.74, 6) is 0.111. The molecule has 6 heteroatoms. The highest BCUT2D eigenvalue weighted by molar-refractivity contribution is 5.83. The molecule has 0 aliphatic heterocycles. The van der Waals surface area contributed by atoms with E-state index in [9.17, 15) is 9.90 Å². The molecule has 18 heavy (non-hydrogen) atoms. The van der Waals surface area contributed by atoms with E-state index in [2.05, 4.69) is 10.4 Å². The molecule has 1 aromatic heterocycles. The topological polar surface area (TPSA) is 93.2 Å². The fourth-order valence-electron chi connectivity index (χ4n) is 1.79. The number of carbonyl (C=O) groups excluding carboxylic acids is 1. The van der Waals surface area contributed by atoms with E-state index in [4.69, 9.17) is 5.73 Å². The van der Waals surface area contributed by atoms with Gasteiger partial charge in [-0.1, -0.05) is 13.8 Å². The number of aryl methyl sites for hydroxylation is 1. The Morgan fingerprint density at radius 2 is 2.28 bits per heavy atom. The highest BCUT2D eigenvalue weighted by Gasteiger charge is 2.20. The lowest BCUT2D eigenvalue weighted by Crippen LogP contribution is -2.43. The third-order valence-corrected chi connectivity index (χ3v) is 2.69. The van der Waals surface area contributed by atoms with Crippen molar-refractivity contribution in [1.29, 1.82) is 0 Å². The molecule has 1 heterocycles. The van der Waals surface area contributed by atoms with Gasteiger partial charge in [0.15, 0.2) is 0 Å². The minimum absolute atomic E-state index is 0.0797. The normalized spacial score (nSPS) is 14.6. The van der Waals surface area contributed by atoms with Crippen LogP contribution in [-0.2, 0) is 11.8 Å². The molecule has 2 atom stereocenters. The molecule has 0 radical (unpaired) electrons. The Labute approximate surface area is 107 Å². The number of hydrogen-bond acceptors (Lipinski definition) is 4. The fourth-order valence-corrected chi connectivity index (χ4v) is 1.79. The summed E-state index contributed by atoms with van der Waals surface area (Å²) < 4.78 is 1.60. The first-order chi connectivity index (χ1) is 8.43. The van der Waals surface area contributed by atoms with Crippen LogP contribution in [0.4, 0.5) is 0 Å². The van der Waals surface area contributed by atoms with Crippen molar-refractivity contribution < 1.29 is 9.90 Å². The second kappa shape index (κ2) is 6.51. The number of nitrogens with two attached hydrogens (primary N) is 1. The molecule has 6 nitrogen and oxygen atoms in total. The molecular formula is C12H22N4O2. The van der Waals surface area contributed by atoms with Gasteiger partial charge in [-0.15, -0.1) is 0 Å². The first kappa shape index (κ1) is 14.7. The van der Waals surface area contributed by atoms with Crippen molar-refractivity contribution in [2.75, 3.05) is 6.61 Å². The summed E-state index contributed by atoms with van der Waals surface area (Å²) in [6.07, 6.45) is 4.00. The molecule has 2 unspecified atom stereocenters. The standard InChI is InChI=1S/C12H22N4O2/c1-8(2)4-10(7-17)15-12(18)11(13)9-5-14-16(3)6-9/h5-6,8,10-11,17H,4,7,13H2,1-3H3,(H,15,18). The lowest BCUT2D eigenvalue weighted by molar-refractivity contribution is -0.123. The number of amides is 1. The molecule has 0 aromatic carbocycles. The maximum Gasteiger partial charge on any atom is 0.241 e. The van der Waals surface area contributed by atoms with Crippen LogP contribution in [0, 0.1) is 5.92 Å². The quantitative estimate of drug-likeness (QED) is 0.663. The summed E-state index contributed by atoms with van der Waals surface area (Å²) in [5, 5.41) is 15.9. The fraction of sp³-hybridized carbons (Fsp3) is 0.667. The molecule has 0 saturated heterocycles. The Balaban J connectivity index is 2.58. The Bertz CT molecular complexity index is 389. The minimum atomic E-state index is -0.750. The lowest BCUT2D eigenvalue weighted by atomic mass is 10.0. The SMILES string of the molecule is CC(C)CC(CO)NC(=O)C(N)c1cnn(C)c1. The van der Waals surface area contributed by atoms with E-state index in [1.165, 1.54) is 0 Å². The van der Waals surface area contributed by atoms with E-state index in [-0.39, 0.29) is 18.6 Å². The Morgan fingerprint density at radius 1 is 1.61 bits per heavy atom. The molecule has 1 amide bonds. The smallest absolute Gasteiger partial charge is 0.241 e. The van der Waals surface area contributed by atoms with Crippen LogP contribution >= 0.6 is 0 Å². The molecule has 0 aliphatic carbocycles. The number of carbonyl (C=O) groups is 1. The second-order valence-corrected chi connectivity index (χ2v) is 4.94. The zero-order valence-electron chi connectivity index (χ0n) is 11.1. The summed E-state index contributed by atoms with van der Waals surface area (Å²) >= 11 is 0. The number of aliphatic hydroxyl groups excluding tert-OH is 1. The van der Waals surface area contributed by atoms with Crippen LogP contribution in [-0.4, -0.2) is 33.4 Å². The number of nitrogens with zero attached hydrogens (tertiary/aromatic N) is 2. The summed E-state index contributed by atoms with van der Waals surface area (Å²) in [6, 6.07) is -1.000. The molecule has 0 fully saturated rings. The van der Waals surface area contributed by atoms with Crippen LogP contribution in [0.25, 0.3) is 0 Å². The monoisotopic (exact) mass is 254 g/mol. The number of hydrogen-bond donors (Lipinski definition) is 3. The Morgan fingerprint density at radius 3 is 2.72 bits per heavy atom. The van der Waals surface area contributed by atoms with Crippen LogP contribution in [0.3, 0.4) is 0 Å². The average Bonchev–Trinajstić information content (AvgIpc) is 2.73. The van der Waals surface area contributed by atoms with Crippen molar-refractivity contribution in [3.63, 3.8) is 0 Å². The Kier molecular flexibility index (Phi) is 5.30. The molecule has 0 saturated carbocycles. The maximum atomic E-state index is 11.9. The zero-order valence-corrected chi connectivity index (χ0v) is 11.1. The second-order valence-electron chi connectivity index (χ2n) is 4.94. The van der Waals surface area contributed by atoms with Gasteiger partial charge in [-0.3, -0.25) is 9.48 Å². The van der Waals surface area contributed by atoms with E-state index in [1.54, 1.807) is 24.1 Å². The van der Waals surface area contributed by atoms with E-state index in [0.717, 1.165) is 6.42 Å². The first-order valence-corrected chi connectivity index (χ1v) is 6.09. The van der Waals surface area contributed by atoms with Gasteiger partial charge in [-0.05, 0) is 12.3 Å². The predicted molar refractivity (Wildman–Crippen MR) is 68.6 cm³/mol. The Hall–Kier alpha value is -1.40. The summed E-state index contributed by atoms with van der Waals surface area (Å²) in [4.78, 5) is 11.9. The summed E-state index contributed by atoms with van der Waals surface area (Å²) in [6.45, 7) is 4.00. The van der Waals surface area contributed by atoms with Crippen molar-refractivity contribution in [2.24, 2.45) is 18.7 Å². The molecule has 1 rings (SSSR count). The highest BCUT2D eigenvalue weighted by Crippen LogP contribution is 2.10. The third-order valence-electron chi connectivity index (χ3n) is 2.69. The van der Waals surface area contributed by atoms with Crippen molar-refractivity contribution in [1.82, 2.24) is 15.1 Å². The van der Waals surface area contributed by atoms with E-state index < -0.39 is 6.04 Å². The van der Waals surface area contributed by atoms with Gasteiger partial charge in [0.2, 0.25) is 5.91 Å². The van der Waals surface area contributed by atoms with Crippen LogP contribution in [0.15, 0.2) is 12.4 Å². The number of aromatic nitrogens is 2. The van der Waals surface area contributed by atoms with Gasteiger partial charge in [0, 0.05) is 18.8 Å². The molecule has 0 aliphatic rings. The molecule has 1 aromatic rings. The van der Waals surface area contributed by atoms with Crippen molar-refractivity contribution in [2.45, 2.75) is 32.4 Å². The van der Waals surface area contributed by atoms with Gasteiger partial charge < -0.3 is 16.2 Å². The lowest BCUT2D eigenvalue weighted by Gasteiger charge is -2.20. The van der Waals surface area contributed by atoms with Gasteiger partial charge in [0.1, 0.15) is 6.04 Å². The van der Waals surface area contributed by atoms with Crippen molar-refractivity contribution >= 4 is 5.91 Å². The number of nitrogens with one attached hydrogen (secondary N) is 1. The minimum Gasteiger partial charge on any atom is -0.394 e. The zero-order chi connectivity index (χ0) is 13.7. The summed E-state index contributed by atoms with van der Waals surface area (Å²) in [5.41, 5.74) is 6.50. The van der Waals surface area contributed by atoms with E-state index in [0.29, 0.717) is 11.5 Å². The third kappa shape index (κ3) is 4.12. The molecule has 4 N–H and O–H groups in total. The molecule has 0 spiro atoms. The molecule has 0 bridgehead atoms. The maximum absolute atomic E-state index is 11.9. The van der Waals surface area contributed by atoms with Gasteiger partial charge in [0.05, 0.1) is 18.8 Å². The van der Waals surface area contributed by atoms with Crippen molar-refractivity contribution in [3.05, 3.63) is 18.0 Å². The number of aliphatic hydroxyl groups is 1. The van der Waals surface area contributed by atoms with Gasteiger partial charge in [-0.2, -0.15) is 5.10 Å². The van der Waals surface area contributed by atoms with Gasteiger partial charge in [-0.25, -0.2) is 0 Å². The molecule has 102 valence electrons. The van der Waals surface area contributed by atoms with Crippen LogP contribution in [0.5, 0.6) is 0 Å². The predicted octanol–water partition coefficient (Wildman–Crippen LogP) is -0.0569. The van der Waals surface area contributed by atoms with E-state index >= 15 is 0 Å². The highest BCUT2D eigenvalue weighted by atomic mass is 16.3. The van der Waals surface area contributed by atoms with Crippen molar-refractivity contribution in [3.8, 4) is 0 Å². The largest absolute Gasteiger partial charge is 0.394 e. The summed E-state index contributed by atoms with van der Waals surface area (Å²) in [7, 11) is 1.77. The van der Waals surface area contributed by atoms with Crippen LogP contribution in [0.1, 0.15) is 31.9 Å². The van der Waals surface area contributed by atoms with E-state index in [1.807, 2.05) is 13.8 Å².